The second kappa shape index (κ2) is 6.85. The summed E-state index contributed by atoms with van der Waals surface area (Å²) in [5.74, 6) is -0.922. The molecule has 0 spiro atoms. The van der Waals surface area contributed by atoms with Crippen LogP contribution in [0.25, 0.3) is 0 Å². The minimum atomic E-state index is -0.493. The largest absolute Gasteiger partial charge is 0.398 e. The third kappa shape index (κ3) is 4.03. The number of hydrogen-bond donors (Lipinski definition) is 3. The van der Waals surface area contributed by atoms with E-state index in [0.717, 1.165) is 11.6 Å². The van der Waals surface area contributed by atoms with Crippen LogP contribution in [0.4, 0.5) is 10.1 Å². The molecule has 0 unspecified atom stereocenters. The predicted molar refractivity (Wildman–Crippen MR) is 79.3 cm³/mol. The number of aliphatic hydroxyl groups excluding tert-OH is 1. The minimum Gasteiger partial charge on any atom is -0.398 e. The topological polar surface area (TPSA) is 75.4 Å². The average molecular weight is 288 g/mol. The van der Waals surface area contributed by atoms with Gasteiger partial charge in [0.05, 0.1) is 18.2 Å². The molecule has 1 amide bonds. The predicted octanol–water partition coefficient (Wildman–Crippen LogP) is 1.74. The number of benzene rings is 2. The summed E-state index contributed by atoms with van der Waals surface area (Å²) in [6.07, 6.45) is 0.504. The Hall–Kier alpha value is -2.40. The van der Waals surface area contributed by atoms with Crippen molar-refractivity contribution in [3.63, 3.8) is 0 Å². The number of carbonyl (C=O) groups is 1. The molecule has 0 heterocycles. The molecule has 21 heavy (non-hydrogen) atoms. The van der Waals surface area contributed by atoms with Crippen LogP contribution < -0.4 is 11.1 Å². The van der Waals surface area contributed by atoms with Gasteiger partial charge in [0, 0.05) is 5.69 Å². The van der Waals surface area contributed by atoms with Gasteiger partial charge in [-0.1, -0.05) is 30.3 Å². The van der Waals surface area contributed by atoms with Crippen molar-refractivity contribution in [2.75, 3.05) is 12.3 Å². The summed E-state index contributed by atoms with van der Waals surface area (Å²) in [7, 11) is 0. The van der Waals surface area contributed by atoms with Gasteiger partial charge in [0.1, 0.15) is 5.82 Å². The number of halogens is 1. The van der Waals surface area contributed by atoms with Gasteiger partial charge in [0.2, 0.25) is 0 Å². The fraction of sp³-hybridized carbons (Fsp3) is 0.188. The SMILES string of the molecule is Nc1cc(F)ccc1C(=O)N[C@H](CO)Cc1ccccc1. The lowest BCUT2D eigenvalue weighted by atomic mass is 10.1. The summed E-state index contributed by atoms with van der Waals surface area (Å²) < 4.78 is 13.0. The number of anilines is 1. The van der Waals surface area contributed by atoms with E-state index in [4.69, 9.17) is 5.73 Å². The molecule has 4 nitrogen and oxygen atoms in total. The molecule has 2 aromatic carbocycles. The highest BCUT2D eigenvalue weighted by Crippen LogP contribution is 2.14. The van der Waals surface area contributed by atoms with Crippen LogP contribution in [0.5, 0.6) is 0 Å². The molecule has 0 aliphatic rings. The summed E-state index contributed by atoms with van der Waals surface area (Å²) in [5, 5.41) is 12.1. The molecular formula is C16H17FN2O2. The van der Waals surface area contributed by atoms with Crippen LogP contribution in [0.1, 0.15) is 15.9 Å². The monoisotopic (exact) mass is 288 g/mol. The van der Waals surface area contributed by atoms with E-state index >= 15 is 0 Å². The zero-order chi connectivity index (χ0) is 15.2. The smallest absolute Gasteiger partial charge is 0.253 e. The highest BCUT2D eigenvalue weighted by atomic mass is 19.1. The van der Waals surface area contributed by atoms with Crippen LogP contribution in [-0.4, -0.2) is 23.7 Å². The third-order valence-electron chi connectivity index (χ3n) is 3.14. The van der Waals surface area contributed by atoms with Crippen LogP contribution in [0.3, 0.4) is 0 Å². The zero-order valence-corrected chi connectivity index (χ0v) is 11.4. The molecule has 4 N–H and O–H groups in total. The lowest BCUT2D eigenvalue weighted by molar-refractivity contribution is 0.0917. The van der Waals surface area contributed by atoms with Crippen LogP contribution >= 0.6 is 0 Å². The molecular weight excluding hydrogens is 271 g/mol. The van der Waals surface area contributed by atoms with Gasteiger partial charge in [-0.2, -0.15) is 0 Å². The summed E-state index contributed by atoms with van der Waals surface area (Å²) >= 11 is 0. The fourth-order valence-electron chi connectivity index (χ4n) is 2.06. The molecule has 0 radical (unpaired) electrons. The normalized spacial score (nSPS) is 11.9. The molecule has 5 heteroatoms. The van der Waals surface area contributed by atoms with Gasteiger partial charge in [-0.05, 0) is 30.2 Å². The van der Waals surface area contributed by atoms with Gasteiger partial charge < -0.3 is 16.2 Å². The maximum atomic E-state index is 13.0. The van der Waals surface area contributed by atoms with Crippen molar-refractivity contribution >= 4 is 11.6 Å². The van der Waals surface area contributed by atoms with Gasteiger partial charge in [-0.15, -0.1) is 0 Å². The molecule has 0 bridgehead atoms. The second-order valence-corrected chi connectivity index (χ2v) is 4.77. The van der Waals surface area contributed by atoms with E-state index < -0.39 is 17.8 Å². The molecule has 1 atom stereocenters. The van der Waals surface area contributed by atoms with Crippen molar-refractivity contribution in [3.8, 4) is 0 Å². The van der Waals surface area contributed by atoms with E-state index in [-0.39, 0.29) is 17.9 Å². The van der Waals surface area contributed by atoms with Crippen molar-refractivity contribution in [2.45, 2.75) is 12.5 Å². The molecule has 0 aliphatic carbocycles. The Labute approximate surface area is 122 Å². The Morgan fingerprint density at radius 2 is 1.95 bits per heavy atom. The summed E-state index contributed by atoms with van der Waals surface area (Å²) in [5.41, 5.74) is 6.90. The van der Waals surface area contributed by atoms with E-state index in [1.165, 1.54) is 12.1 Å². The number of hydrogen-bond acceptors (Lipinski definition) is 3. The Morgan fingerprint density at radius 1 is 1.24 bits per heavy atom. The van der Waals surface area contributed by atoms with E-state index in [2.05, 4.69) is 5.32 Å². The van der Waals surface area contributed by atoms with Gasteiger partial charge >= 0.3 is 0 Å². The van der Waals surface area contributed by atoms with Crippen LogP contribution in [0, 0.1) is 5.82 Å². The van der Waals surface area contributed by atoms with Gasteiger partial charge in [0.15, 0.2) is 0 Å². The first kappa shape index (κ1) is 15.0. The van der Waals surface area contributed by atoms with Crippen molar-refractivity contribution in [2.24, 2.45) is 0 Å². The van der Waals surface area contributed by atoms with Gasteiger partial charge in [-0.25, -0.2) is 4.39 Å². The van der Waals surface area contributed by atoms with E-state index in [1.807, 2.05) is 30.3 Å². The molecule has 0 aromatic heterocycles. The van der Waals surface area contributed by atoms with E-state index in [1.54, 1.807) is 0 Å². The van der Waals surface area contributed by atoms with Crippen molar-refractivity contribution in [1.82, 2.24) is 5.32 Å². The number of nitrogens with one attached hydrogen (secondary N) is 1. The van der Waals surface area contributed by atoms with Crippen LogP contribution in [0.2, 0.25) is 0 Å². The van der Waals surface area contributed by atoms with Crippen LogP contribution in [-0.2, 0) is 6.42 Å². The highest BCUT2D eigenvalue weighted by molar-refractivity contribution is 5.99. The number of nitrogen functional groups attached to an aromatic ring is 1. The maximum absolute atomic E-state index is 13.0. The quantitative estimate of drug-likeness (QED) is 0.734. The Kier molecular flexibility index (Phi) is 4.90. The first-order valence-corrected chi connectivity index (χ1v) is 6.61. The van der Waals surface area contributed by atoms with Gasteiger partial charge in [0.25, 0.3) is 5.91 Å². The molecule has 2 rings (SSSR count). The Balaban J connectivity index is 2.06. The van der Waals surface area contributed by atoms with Gasteiger partial charge in [-0.3, -0.25) is 4.79 Å². The first-order chi connectivity index (χ1) is 10.1. The van der Waals surface area contributed by atoms with Crippen molar-refractivity contribution < 1.29 is 14.3 Å². The molecule has 0 saturated heterocycles. The first-order valence-electron chi connectivity index (χ1n) is 6.61. The maximum Gasteiger partial charge on any atom is 0.253 e. The number of amides is 1. The Morgan fingerprint density at radius 3 is 2.57 bits per heavy atom. The standard InChI is InChI=1S/C16H17FN2O2/c17-12-6-7-14(15(18)9-12)16(21)19-13(10-20)8-11-4-2-1-3-5-11/h1-7,9,13,20H,8,10,18H2,(H,19,21)/t13-/m0/s1. The molecule has 0 saturated carbocycles. The molecule has 110 valence electrons. The number of nitrogens with two attached hydrogens (primary N) is 1. The molecule has 2 aromatic rings. The minimum absolute atomic E-state index is 0.0731. The summed E-state index contributed by atoms with van der Waals surface area (Å²) in [4.78, 5) is 12.1. The van der Waals surface area contributed by atoms with Crippen molar-refractivity contribution in [1.29, 1.82) is 0 Å². The summed E-state index contributed by atoms with van der Waals surface area (Å²) in [6.45, 7) is -0.193. The van der Waals surface area contributed by atoms with Crippen LogP contribution in [0.15, 0.2) is 48.5 Å². The number of rotatable bonds is 5. The fourth-order valence-corrected chi connectivity index (χ4v) is 2.06. The second-order valence-electron chi connectivity index (χ2n) is 4.77. The van der Waals surface area contributed by atoms with E-state index in [0.29, 0.717) is 6.42 Å². The molecule has 0 aliphatic heterocycles. The Bertz CT molecular complexity index is 617. The lowest BCUT2D eigenvalue weighted by Gasteiger charge is -2.17. The number of carbonyl (C=O) groups excluding carboxylic acids is 1. The number of aliphatic hydroxyl groups is 1. The molecule has 0 fully saturated rings. The third-order valence-corrected chi connectivity index (χ3v) is 3.14. The lowest BCUT2D eigenvalue weighted by Crippen LogP contribution is -2.39. The summed E-state index contributed by atoms with van der Waals surface area (Å²) in [6, 6.07) is 12.7. The van der Waals surface area contributed by atoms with Crippen molar-refractivity contribution in [3.05, 3.63) is 65.5 Å². The van der Waals surface area contributed by atoms with E-state index in [9.17, 15) is 14.3 Å². The zero-order valence-electron chi connectivity index (χ0n) is 11.4. The highest BCUT2D eigenvalue weighted by Gasteiger charge is 2.15. The average Bonchev–Trinajstić information content (AvgIpc) is 2.47.